The van der Waals surface area contributed by atoms with Crippen molar-refractivity contribution in [2.75, 3.05) is 7.05 Å². The van der Waals surface area contributed by atoms with Crippen molar-refractivity contribution in [2.45, 2.75) is 50.7 Å². The number of benzene rings is 1. The van der Waals surface area contributed by atoms with E-state index in [1.54, 1.807) is 6.07 Å². The molecule has 21 heavy (non-hydrogen) atoms. The molecule has 1 aromatic carbocycles. The van der Waals surface area contributed by atoms with Gasteiger partial charge >= 0.3 is 6.18 Å². The molecule has 0 spiro atoms. The normalized spacial score (nSPS) is 18.0. The van der Waals surface area contributed by atoms with Gasteiger partial charge in [-0.2, -0.15) is 13.2 Å². The Kier molecular flexibility index (Phi) is 5.45. The monoisotopic (exact) mass is 297 g/mol. The standard InChI is InChI=1S/C17H22F3N/c1-21-16(14-8-4-2-3-5-9-14)12-13-7-6-10-15(11-13)17(18,19)20/h6-8,10-11,16,21H,2-5,9,12H2,1H3. The Morgan fingerprint density at radius 2 is 2.00 bits per heavy atom. The first kappa shape index (κ1) is 16.1. The van der Waals surface area contributed by atoms with E-state index in [2.05, 4.69) is 11.4 Å². The maximum atomic E-state index is 12.8. The van der Waals surface area contributed by atoms with Crippen molar-refractivity contribution >= 4 is 0 Å². The summed E-state index contributed by atoms with van der Waals surface area (Å²) >= 11 is 0. The van der Waals surface area contributed by atoms with Crippen molar-refractivity contribution in [3.05, 3.63) is 47.0 Å². The Labute approximate surface area is 124 Å². The van der Waals surface area contributed by atoms with Crippen LogP contribution in [0.1, 0.15) is 43.2 Å². The van der Waals surface area contributed by atoms with E-state index in [0.717, 1.165) is 24.5 Å². The van der Waals surface area contributed by atoms with Gasteiger partial charge < -0.3 is 5.32 Å². The summed E-state index contributed by atoms with van der Waals surface area (Å²) in [6.07, 6.45) is 4.34. The first-order valence-corrected chi connectivity index (χ1v) is 7.53. The molecule has 0 amide bonds. The summed E-state index contributed by atoms with van der Waals surface area (Å²) in [5.74, 6) is 0. The Morgan fingerprint density at radius 1 is 1.19 bits per heavy atom. The van der Waals surface area contributed by atoms with Crippen LogP contribution in [0.4, 0.5) is 13.2 Å². The molecule has 1 aliphatic rings. The number of hydrogen-bond donors (Lipinski definition) is 1. The predicted octanol–water partition coefficient (Wildman–Crippen LogP) is 4.73. The predicted molar refractivity (Wildman–Crippen MR) is 79.2 cm³/mol. The van der Waals surface area contributed by atoms with Crippen LogP contribution in [0, 0.1) is 0 Å². The van der Waals surface area contributed by atoms with Gasteiger partial charge in [-0.15, -0.1) is 0 Å². The number of alkyl halides is 3. The molecule has 0 saturated carbocycles. The van der Waals surface area contributed by atoms with E-state index in [0.29, 0.717) is 6.42 Å². The lowest BCUT2D eigenvalue weighted by atomic mass is 9.95. The summed E-state index contributed by atoms with van der Waals surface area (Å²) in [6, 6.07) is 5.79. The molecule has 1 N–H and O–H groups in total. The van der Waals surface area contributed by atoms with Crippen molar-refractivity contribution in [2.24, 2.45) is 0 Å². The van der Waals surface area contributed by atoms with Crippen molar-refractivity contribution in [1.29, 1.82) is 0 Å². The van der Waals surface area contributed by atoms with Crippen LogP contribution in [0.15, 0.2) is 35.9 Å². The molecule has 1 nitrogen and oxygen atoms in total. The molecule has 0 fully saturated rings. The van der Waals surface area contributed by atoms with Gasteiger partial charge in [0.2, 0.25) is 0 Å². The lowest BCUT2D eigenvalue weighted by molar-refractivity contribution is -0.137. The van der Waals surface area contributed by atoms with Gasteiger partial charge in [0, 0.05) is 6.04 Å². The molecular weight excluding hydrogens is 275 g/mol. The van der Waals surface area contributed by atoms with Crippen LogP contribution in [0.2, 0.25) is 0 Å². The van der Waals surface area contributed by atoms with Crippen molar-refractivity contribution in [3.8, 4) is 0 Å². The fourth-order valence-electron chi connectivity index (χ4n) is 2.89. The van der Waals surface area contributed by atoms with Crippen LogP contribution in [0.3, 0.4) is 0 Å². The van der Waals surface area contributed by atoms with E-state index in [1.165, 1.54) is 37.0 Å². The third-order valence-electron chi connectivity index (χ3n) is 4.07. The summed E-state index contributed by atoms with van der Waals surface area (Å²) in [6.45, 7) is 0. The largest absolute Gasteiger partial charge is 0.416 e. The average molecular weight is 297 g/mol. The molecule has 0 bridgehead atoms. The highest BCUT2D eigenvalue weighted by molar-refractivity contribution is 5.28. The molecule has 1 aliphatic carbocycles. The molecule has 0 heterocycles. The first-order valence-electron chi connectivity index (χ1n) is 7.53. The highest BCUT2D eigenvalue weighted by atomic mass is 19.4. The molecular formula is C17H22F3N. The van der Waals surface area contributed by atoms with Crippen molar-refractivity contribution in [1.82, 2.24) is 5.32 Å². The topological polar surface area (TPSA) is 12.0 Å². The van der Waals surface area contributed by atoms with Crippen LogP contribution < -0.4 is 5.32 Å². The second-order valence-electron chi connectivity index (χ2n) is 5.62. The summed E-state index contributed by atoms with van der Waals surface area (Å²) < 4.78 is 38.3. The maximum absolute atomic E-state index is 12.8. The second kappa shape index (κ2) is 7.12. The highest BCUT2D eigenvalue weighted by Crippen LogP contribution is 2.30. The zero-order valence-electron chi connectivity index (χ0n) is 12.3. The Bertz CT molecular complexity index is 491. The van der Waals surface area contributed by atoms with E-state index in [1.807, 2.05) is 7.05 Å². The third kappa shape index (κ3) is 4.60. The molecule has 0 aliphatic heterocycles. The minimum atomic E-state index is -4.27. The van der Waals surface area contributed by atoms with Crippen LogP contribution in [0.5, 0.6) is 0 Å². The number of halogens is 3. The van der Waals surface area contributed by atoms with Crippen LogP contribution in [-0.4, -0.2) is 13.1 Å². The summed E-state index contributed by atoms with van der Waals surface area (Å²) in [5.41, 5.74) is 1.51. The molecule has 0 radical (unpaired) electrons. The van der Waals surface area contributed by atoms with Gasteiger partial charge in [0.15, 0.2) is 0 Å². The number of allylic oxidation sites excluding steroid dienone is 1. The second-order valence-corrected chi connectivity index (χ2v) is 5.62. The first-order chi connectivity index (χ1) is 10.0. The van der Waals surface area contributed by atoms with Gasteiger partial charge in [-0.1, -0.05) is 36.3 Å². The molecule has 1 aromatic rings. The lowest BCUT2D eigenvalue weighted by Crippen LogP contribution is -2.30. The van der Waals surface area contributed by atoms with Gasteiger partial charge in [-0.25, -0.2) is 0 Å². The van der Waals surface area contributed by atoms with Gasteiger partial charge in [-0.3, -0.25) is 0 Å². The fourth-order valence-corrected chi connectivity index (χ4v) is 2.89. The molecule has 0 aromatic heterocycles. The van der Waals surface area contributed by atoms with Crippen LogP contribution in [0.25, 0.3) is 0 Å². The minimum Gasteiger partial charge on any atom is -0.313 e. The molecule has 2 rings (SSSR count). The van der Waals surface area contributed by atoms with E-state index in [-0.39, 0.29) is 6.04 Å². The summed E-state index contributed by atoms with van der Waals surface area (Å²) in [4.78, 5) is 0. The maximum Gasteiger partial charge on any atom is 0.416 e. The SMILES string of the molecule is CNC(Cc1cccc(C(F)(F)F)c1)C1=CCCCCC1. The summed E-state index contributed by atoms with van der Waals surface area (Å²) in [5, 5.41) is 3.26. The summed E-state index contributed by atoms with van der Waals surface area (Å²) in [7, 11) is 1.88. The van der Waals surface area contributed by atoms with Gasteiger partial charge in [0.1, 0.15) is 0 Å². The number of hydrogen-bond acceptors (Lipinski definition) is 1. The smallest absolute Gasteiger partial charge is 0.313 e. The third-order valence-corrected chi connectivity index (χ3v) is 4.07. The molecule has 1 unspecified atom stereocenters. The van der Waals surface area contributed by atoms with Crippen LogP contribution >= 0.6 is 0 Å². The van der Waals surface area contributed by atoms with E-state index < -0.39 is 11.7 Å². The zero-order chi connectivity index (χ0) is 15.3. The molecule has 0 saturated heterocycles. The Morgan fingerprint density at radius 3 is 2.71 bits per heavy atom. The van der Waals surface area contributed by atoms with E-state index in [9.17, 15) is 13.2 Å². The van der Waals surface area contributed by atoms with Crippen molar-refractivity contribution in [3.63, 3.8) is 0 Å². The van der Waals surface area contributed by atoms with E-state index >= 15 is 0 Å². The lowest BCUT2D eigenvalue weighted by Gasteiger charge is -2.20. The number of rotatable bonds is 4. The minimum absolute atomic E-state index is 0.131. The average Bonchev–Trinajstić information content (AvgIpc) is 2.73. The van der Waals surface area contributed by atoms with Gasteiger partial charge in [0.05, 0.1) is 5.56 Å². The Hall–Kier alpha value is -1.29. The highest BCUT2D eigenvalue weighted by Gasteiger charge is 2.30. The molecule has 1 atom stereocenters. The van der Waals surface area contributed by atoms with Crippen LogP contribution in [-0.2, 0) is 12.6 Å². The number of likely N-dealkylation sites (N-methyl/N-ethyl adjacent to an activating group) is 1. The molecule has 4 heteroatoms. The fraction of sp³-hybridized carbons (Fsp3) is 0.529. The van der Waals surface area contributed by atoms with Gasteiger partial charge in [0.25, 0.3) is 0 Å². The van der Waals surface area contributed by atoms with Crippen molar-refractivity contribution < 1.29 is 13.2 Å². The van der Waals surface area contributed by atoms with E-state index in [4.69, 9.17) is 0 Å². The quantitative estimate of drug-likeness (QED) is 0.792. The van der Waals surface area contributed by atoms with Gasteiger partial charge in [-0.05, 0) is 50.8 Å². The Balaban J connectivity index is 2.13. The number of nitrogens with one attached hydrogen (secondary N) is 1. The molecule has 116 valence electrons. The zero-order valence-corrected chi connectivity index (χ0v) is 12.3.